The molecular weight excluding hydrogens is 307 g/mol. The molecule has 6 nitrogen and oxygen atoms in total. The number of ether oxygens (including phenoxy) is 1. The fourth-order valence-electron chi connectivity index (χ4n) is 1.86. The maximum Gasteiger partial charge on any atom is 0.316 e. The van der Waals surface area contributed by atoms with Crippen molar-refractivity contribution in [2.75, 3.05) is 12.9 Å². The highest BCUT2D eigenvalue weighted by Crippen LogP contribution is 2.21. The number of nitrogens with zero attached hydrogens (tertiary/aromatic N) is 4. The first kappa shape index (κ1) is 14.5. The van der Waals surface area contributed by atoms with E-state index in [2.05, 4.69) is 19.8 Å². The number of rotatable bonds is 4. The molecule has 0 saturated heterocycles. The van der Waals surface area contributed by atoms with Crippen molar-refractivity contribution in [3.63, 3.8) is 0 Å². The number of esters is 1. The van der Waals surface area contributed by atoms with Gasteiger partial charge in [-0.15, -0.1) is 5.10 Å². The Hall–Kier alpha value is -2.48. The van der Waals surface area contributed by atoms with E-state index in [1.54, 1.807) is 28.9 Å². The Morgan fingerprint density at radius 3 is 2.82 bits per heavy atom. The van der Waals surface area contributed by atoms with E-state index < -0.39 is 0 Å². The molecule has 0 aliphatic heterocycles. The minimum Gasteiger partial charge on any atom is -0.468 e. The molecule has 0 aliphatic rings. The van der Waals surface area contributed by atoms with Crippen LogP contribution in [0.15, 0.2) is 41.7 Å². The van der Waals surface area contributed by atoms with E-state index in [1.807, 2.05) is 0 Å². The number of halogens is 1. The van der Waals surface area contributed by atoms with Crippen LogP contribution in [0.2, 0.25) is 0 Å². The SMILES string of the molecule is COC(=O)CSc1nc2nccc(-c3ccc(F)cc3)n2n1. The summed E-state index contributed by atoms with van der Waals surface area (Å²) >= 11 is 1.17. The minimum atomic E-state index is -0.351. The number of fused-ring (bicyclic) bond motifs is 1. The minimum absolute atomic E-state index is 0.124. The molecule has 2 aromatic heterocycles. The van der Waals surface area contributed by atoms with Gasteiger partial charge in [0.05, 0.1) is 18.6 Å². The summed E-state index contributed by atoms with van der Waals surface area (Å²) in [5.41, 5.74) is 1.53. The van der Waals surface area contributed by atoms with Crippen molar-refractivity contribution in [3.8, 4) is 11.3 Å². The van der Waals surface area contributed by atoms with Crippen molar-refractivity contribution in [1.82, 2.24) is 19.6 Å². The lowest BCUT2D eigenvalue weighted by Gasteiger charge is -2.03. The first-order chi connectivity index (χ1) is 10.7. The molecule has 2 heterocycles. The van der Waals surface area contributed by atoms with Gasteiger partial charge in [0, 0.05) is 11.8 Å². The summed E-state index contributed by atoms with van der Waals surface area (Å²) in [4.78, 5) is 19.5. The van der Waals surface area contributed by atoms with E-state index in [9.17, 15) is 9.18 Å². The van der Waals surface area contributed by atoms with E-state index in [1.165, 1.54) is 31.0 Å². The van der Waals surface area contributed by atoms with Gasteiger partial charge in [-0.1, -0.05) is 11.8 Å². The second-order valence-corrected chi connectivity index (χ2v) is 5.25. The van der Waals surface area contributed by atoms with Gasteiger partial charge < -0.3 is 4.74 Å². The van der Waals surface area contributed by atoms with Gasteiger partial charge in [-0.05, 0) is 30.3 Å². The molecule has 22 heavy (non-hydrogen) atoms. The van der Waals surface area contributed by atoms with Crippen molar-refractivity contribution >= 4 is 23.5 Å². The fraction of sp³-hybridized carbons (Fsp3) is 0.143. The van der Waals surface area contributed by atoms with Crippen LogP contribution in [0.5, 0.6) is 0 Å². The second-order valence-electron chi connectivity index (χ2n) is 4.31. The second kappa shape index (κ2) is 6.10. The van der Waals surface area contributed by atoms with Gasteiger partial charge in [0.2, 0.25) is 5.16 Å². The molecule has 0 unspecified atom stereocenters. The Morgan fingerprint density at radius 1 is 1.32 bits per heavy atom. The summed E-state index contributed by atoms with van der Waals surface area (Å²) in [6.07, 6.45) is 1.61. The maximum atomic E-state index is 13.0. The lowest BCUT2D eigenvalue weighted by Crippen LogP contribution is -2.03. The van der Waals surface area contributed by atoms with E-state index in [0.717, 1.165) is 11.3 Å². The number of carbonyl (C=O) groups excluding carboxylic acids is 1. The van der Waals surface area contributed by atoms with Crippen LogP contribution in [0, 0.1) is 5.82 Å². The summed E-state index contributed by atoms with van der Waals surface area (Å²) in [7, 11) is 1.33. The molecule has 0 amide bonds. The quantitative estimate of drug-likeness (QED) is 0.542. The predicted molar refractivity (Wildman–Crippen MR) is 78.9 cm³/mol. The van der Waals surface area contributed by atoms with Crippen LogP contribution in [0.1, 0.15) is 0 Å². The molecule has 0 fully saturated rings. The van der Waals surface area contributed by atoms with E-state index in [0.29, 0.717) is 10.9 Å². The van der Waals surface area contributed by atoms with E-state index in [-0.39, 0.29) is 17.5 Å². The molecule has 3 rings (SSSR count). The molecule has 112 valence electrons. The molecule has 0 radical (unpaired) electrons. The summed E-state index contributed by atoms with van der Waals surface area (Å²) in [5, 5.41) is 4.75. The molecule has 0 aliphatic carbocycles. The summed E-state index contributed by atoms with van der Waals surface area (Å²) in [5.74, 6) is -0.120. The summed E-state index contributed by atoms with van der Waals surface area (Å²) in [6.45, 7) is 0. The Balaban J connectivity index is 1.96. The van der Waals surface area contributed by atoms with Crippen LogP contribution in [0.4, 0.5) is 4.39 Å². The number of thioether (sulfide) groups is 1. The third-order valence-corrected chi connectivity index (χ3v) is 3.72. The maximum absolute atomic E-state index is 13.0. The molecule has 0 spiro atoms. The van der Waals surface area contributed by atoms with Gasteiger partial charge in [0.25, 0.3) is 5.78 Å². The topological polar surface area (TPSA) is 69.4 Å². The van der Waals surface area contributed by atoms with Crippen LogP contribution >= 0.6 is 11.8 Å². The lowest BCUT2D eigenvalue weighted by atomic mass is 10.1. The third-order valence-electron chi connectivity index (χ3n) is 2.91. The Kier molecular flexibility index (Phi) is 4.01. The Morgan fingerprint density at radius 2 is 2.09 bits per heavy atom. The summed E-state index contributed by atoms with van der Waals surface area (Å²) in [6, 6.07) is 7.85. The fourth-order valence-corrected chi connectivity index (χ4v) is 2.51. The zero-order chi connectivity index (χ0) is 15.5. The number of hydrogen-bond acceptors (Lipinski definition) is 6. The Labute approximate surface area is 129 Å². The van der Waals surface area contributed by atoms with Gasteiger partial charge in [-0.2, -0.15) is 9.50 Å². The molecular formula is C14H11FN4O2S. The normalized spacial score (nSPS) is 10.8. The number of benzene rings is 1. The monoisotopic (exact) mass is 318 g/mol. The van der Waals surface area contributed by atoms with Crippen molar-refractivity contribution in [3.05, 3.63) is 42.3 Å². The predicted octanol–water partition coefficient (Wildman–Crippen LogP) is 2.20. The first-order valence-corrected chi connectivity index (χ1v) is 7.33. The molecule has 1 aromatic carbocycles. The zero-order valence-corrected chi connectivity index (χ0v) is 12.4. The van der Waals surface area contributed by atoms with Crippen LogP contribution < -0.4 is 0 Å². The van der Waals surface area contributed by atoms with Crippen LogP contribution in [-0.2, 0) is 9.53 Å². The molecule has 0 bridgehead atoms. The van der Waals surface area contributed by atoms with Crippen molar-refractivity contribution in [1.29, 1.82) is 0 Å². The van der Waals surface area contributed by atoms with Crippen molar-refractivity contribution in [2.24, 2.45) is 0 Å². The highest BCUT2D eigenvalue weighted by atomic mass is 32.2. The van der Waals surface area contributed by atoms with E-state index >= 15 is 0 Å². The molecule has 3 aromatic rings. The molecule has 8 heteroatoms. The Bertz CT molecular complexity index is 819. The third kappa shape index (κ3) is 2.91. The van der Waals surface area contributed by atoms with Crippen molar-refractivity contribution < 1.29 is 13.9 Å². The largest absolute Gasteiger partial charge is 0.468 e. The average molecular weight is 318 g/mol. The molecule has 0 atom stereocenters. The smallest absolute Gasteiger partial charge is 0.316 e. The lowest BCUT2D eigenvalue weighted by molar-refractivity contribution is -0.137. The number of hydrogen-bond donors (Lipinski definition) is 0. The highest BCUT2D eigenvalue weighted by molar-refractivity contribution is 7.99. The molecule has 0 N–H and O–H groups in total. The van der Waals surface area contributed by atoms with Gasteiger partial charge in [0.1, 0.15) is 5.82 Å². The summed E-state index contributed by atoms with van der Waals surface area (Å²) < 4.78 is 19.2. The van der Waals surface area contributed by atoms with Gasteiger partial charge in [-0.25, -0.2) is 9.37 Å². The number of methoxy groups -OCH3 is 1. The van der Waals surface area contributed by atoms with Crippen LogP contribution in [0.25, 0.3) is 17.0 Å². The standard InChI is InChI=1S/C14H11FN4O2S/c1-21-12(20)8-22-14-17-13-16-7-6-11(19(13)18-14)9-2-4-10(15)5-3-9/h2-7H,8H2,1H3. The average Bonchev–Trinajstić information content (AvgIpc) is 2.96. The van der Waals surface area contributed by atoms with Gasteiger partial charge in [-0.3, -0.25) is 4.79 Å². The van der Waals surface area contributed by atoms with Gasteiger partial charge >= 0.3 is 5.97 Å². The van der Waals surface area contributed by atoms with Crippen LogP contribution in [0.3, 0.4) is 0 Å². The number of aromatic nitrogens is 4. The molecule has 0 saturated carbocycles. The number of carbonyl (C=O) groups is 1. The van der Waals surface area contributed by atoms with Gasteiger partial charge in [0.15, 0.2) is 0 Å². The van der Waals surface area contributed by atoms with Crippen molar-refractivity contribution in [2.45, 2.75) is 5.16 Å². The van der Waals surface area contributed by atoms with Crippen LogP contribution in [-0.4, -0.2) is 38.4 Å². The zero-order valence-electron chi connectivity index (χ0n) is 11.6. The first-order valence-electron chi connectivity index (χ1n) is 6.35. The highest BCUT2D eigenvalue weighted by Gasteiger charge is 2.12. The van der Waals surface area contributed by atoms with E-state index in [4.69, 9.17) is 0 Å².